The first-order chi connectivity index (χ1) is 13.2. The lowest BCUT2D eigenvalue weighted by molar-refractivity contribution is -0.116. The van der Waals surface area contributed by atoms with Crippen molar-refractivity contribution in [3.8, 4) is 17.2 Å². The third-order valence-corrected chi connectivity index (χ3v) is 3.74. The van der Waals surface area contributed by atoms with Crippen molar-refractivity contribution in [2.24, 2.45) is 0 Å². The summed E-state index contributed by atoms with van der Waals surface area (Å²) < 4.78 is 10.3. The second-order valence-corrected chi connectivity index (χ2v) is 5.58. The molecule has 0 radical (unpaired) electrons. The minimum atomic E-state index is -0.293. The van der Waals surface area contributed by atoms with Gasteiger partial charge in [-0.1, -0.05) is 18.2 Å². The van der Waals surface area contributed by atoms with Gasteiger partial charge in [-0.05, 0) is 30.3 Å². The molecule has 0 atom stereocenters. The number of hydrogen-bond acceptors (Lipinski definition) is 6. The molecule has 1 heterocycles. The Morgan fingerprint density at radius 2 is 2.00 bits per heavy atom. The van der Waals surface area contributed by atoms with Crippen molar-refractivity contribution in [2.45, 2.75) is 6.42 Å². The summed E-state index contributed by atoms with van der Waals surface area (Å²) in [6.45, 7) is 0.200. The Morgan fingerprint density at radius 1 is 1.15 bits per heavy atom. The zero-order valence-electron chi connectivity index (χ0n) is 14.6. The van der Waals surface area contributed by atoms with Gasteiger partial charge in [-0.15, -0.1) is 10.2 Å². The van der Waals surface area contributed by atoms with Crippen LogP contribution >= 0.6 is 0 Å². The van der Waals surface area contributed by atoms with Crippen molar-refractivity contribution in [3.63, 3.8) is 0 Å². The molecule has 2 aromatic carbocycles. The number of amides is 2. The summed E-state index contributed by atoms with van der Waals surface area (Å²) in [5, 5.41) is 12.9. The van der Waals surface area contributed by atoms with Gasteiger partial charge in [0.15, 0.2) is 0 Å². The molecule has 0 unspecified atom stereocenters. The predicted octanol–water partition coefficient (Wildman–Crippen LogP) is 2.50. The predicted molar refractivity (Wildman–Crippen MR) is 98.3 cm³/mol. The van der Waals surface area contributed by atoms with Crippen LogP contribution in [0.5, 0.6) is 5.75 Å². The first-order valence-electron chi connectivity index (χ1n) is 8.25. The van der Waals surface area contributed by atoms with Gasteiger partial charge in [-0.25, -0.2) is 0 Å². The smallest absolute Gasteiger partial charge is 0.255 e. The molecular weight excluding hydrogens is 348 g/mol. The minimum Gasteiger partial charge on any atom is -0.496 e. The maximum absolute atomic E-state index is 12.2. The highest BCUT2D eigenvalue weighted by atomic mass is 16.5. The number of methoxy groups -OCH3 is 1. The Bertz CT molecular complexity index is 925. The number of hydrogen-bond donors (Lipinski definition) is 2. The molecular formula is C19H18N4O4. The fraction of sp³-hybridized carbons (Fsp3) is 0.158. The number of nitrogens with one attached hydrogen (secondary N) is 2. The van der Waals surface area contributed by atoms with E-state index >= 15 is 0 Å². The summed E-state index contributed by atoms with van der Waals surface area (Å²) in [5.41, 5.74) is 1.73. The Balaban J connectivity index is 1.52. The maximum atomic E-state index is 12.2. The van der Waals surface area contributed by atoms with Crippen molar-refractivity contribution in [1.82, 2.24) is 15.5 Å². The van der Waals surface area contributed by atoms with Crippen LogP contribution in [0.25, 0.3) is 11.5 Å². The van der Waals surface area contributed by atoms with E-state index in [0.717, 1.165) is 0 Å². The fourth-order valence-electron chi connectivity index (χ4n) is 2.47. The third kappa shape index (κ3) is 4.69. The zero-order chi connectivity index (χ0) is 19.1. The normalized spacial score (nSPS) is 10.3. The van der Waals surface area contributed by atoms with Gasteiger partial charge < -0.3 is 19.8 Å². The van der Waals surface area contributed by atoms with E-state index in [-0.39, 0.29) is 24.8 Å². The Hall–Kier alpha value is -3.68. The van der Waals surface area contributed by atoms with E-state index in [2.05, 4.69) is 20.8 Å². The number of para-hydroxylation sites is 1. The van der Waals surface area contributed by atoms with Crippen LogP contribution in [0.1, 0.15) is 16.8 Å². The molecule has 27 heavy (non-hydrogen) atoms. The lowest BCUT2D eigenvalue weighted by Crippen LogP contribution is -2.28. The Morgan fingerprint density at radius 3 is 2.78 bits per heavy atom. The van der Waals surface area contributed by atoms with E-state index in [0.29, 0.717) is 28.5 Å². The van der Waals surface area contributed by atoms with Crippen LogP contribution in [0, 0.1) is 0 Å². The first kappa shape index (κ1) is 18.1. The van der Waals surface area contributed by atoms with Crippen molar-refractivity contribution in [3.05, 3.63) is 60.5 Å². The van der Waals surface area contributed by atoms with Gasteiger partial charge >= 0.3 is 0 Å². The summed E-state index contributed by atoms with van der Waals surface area (Å²) >= 11 is 0. The molecule has 0 bridgehead atoms. The number of carbonyl (C=O) groups excluding carboxylic acids is 2. The molecule has 0 aliphatic rings. The van der Waals surface area contributed by atoms with Gasteiger partial charge in [0.25, 0.3) is 5.91 Å². The van der Waals surface area contributed by atoms with Crippen LogP contribution in [0.2, 0.25) is 0 Å². The van der Waals surface area contributed by atoms with Gasteiger partial charge in [-0.2, -0.15) is 0 Å². The number of aromatic nitrogens is 2. The third-order valence-electron chi connectivity index (χ3n) is 3.74. The molecule has 0 saturated carbocycles. The molecule has 8 heteroatoms. The molecule has 1 aromatic heterocycles. The number of anilines is 1. The standard InChI is InChI=1S/C19H18N4O4/c1-26-16-8-3-2-7-15(16)18(25)20-10-9-17(24)22-14-6-4-5-13(11-14)19-23-21-12-27-19/h2-8,11-12H,9-10H2,1H3,(H,20,25)(H,22,24). The van der Waals surface area contributed by atoms with Gasteiger partial charge in [0, 0.05) is 24.2 Å². The molecule has 0 saturated heterocycles. The highest BCUT2D eigenvalue weighted by molar-refractivity contribution is 5.97. The average molecular weight is 366 g/mol. The number of rotatable bonds is 7. The van der Waals surface area contributed by atoms with Gasteiger partial charge in [0.2, 0.25) is 18.2 Å². The lowest BCUT2D eigenvalue weighted by Gasteiger charge is -2.09. The van der Waals surface area contributed by atoms with E-state index in [4.69, 9.17) is 9.15 Å². The Labute approximate surface area is 155 Å². The second-order valence-electron chi connectivity index (χ2n) is 5.58. The molecule has 0 fully saturated rings. The second kappa shape index (κ2) is 8.61. The molecule has 3 aromatic rings. The largest absolute Gasteiger partial charge is 0.496 e. The highest BCUT2D eigenvalue weighted by Crippen LogP contribution is 2.20. The summed E-state index contributed by atoms with van der Waals surface area (Å²) in [4.78, 5) is 24.3. The lowest BCUT2D eigenvalue weighted by atomic mass is 10.2. The molecule has 2 amide bonds. The van der Waals surface area contributed by atoms with E-state index < -0.39 is 0 Å². The molecule has 0 aliphatic heterocycles. The highest BCUT2D eigenvalue weighted by Gasteiger charge is 2.12. The number of ether oxygens (including phenoxy) is 1. The van der Waals surface area contributed by atoms with Crippen LogP contribution in [0.3, 0.4) is 0 Å². The maximum Gasteiger partial charge on any atom is 0.255 e. The van der Waals surface area contributed by atoms with Crippen LogP contribution in [-0.4, -0.2) is 35.7 Å². The zero-order valence-corrected chi connectivity index (χ0v) is 14.6. The summed E-state index contributed by atoms with van der Waals surface area (Å²) in [7, 11) is 1.50. The van der Waals surface area contributed by atoms with Gasteiger partial charge in [-0.3, -0.25) is 9.59 Å². The summed E-state index contributed by atoms with van der Waals surface area (Å²) in [6.07, 6.45) is 1.37. The van der Waals surface area contributed by atoms with Crippen molar-refractivity contribution in [2.75, 3.05) is 19.0 Å². The summed E-state index contributed by atoms with van der Waals surface area (Å²) in [5.74, 6) is 0.337. The van der Waals surface area contributed by atoms with Crippen molar-refractivity contribution in [1.29, 1.82) is 0 Å². The van der Waals surface area contributed by atoms with Gasteiger partial charge in [0.1, 0.15) is 5.75 Å². The van der Waals surface area contributed by atoms with E-state index in [1.54, 1.807) is 48.5 Å². The monoisotopic (exact) mass is 366 g/mol. The number of benzene rings is 2. The fourth-order valence-corrected chi connectivity index (χ4v) is 2.47. The average Bonchev–Trinajstić information content (AvgIpc) is 3.23. The van der Waals surface area contributed by atoms with Crippen LogP contribution in [-0.2, 0) is 4.79 Å². The van der Waals surface area contributed by atoms with Gasteiger partial charge in [0.05, 0.1) is 12.7 Å². The molecule has 8 nitrogen and oxygen atoms in total. The SMILES string of the molecule is COc1ccccc1C(=O)NCCC(=O)Nc1cccc(-c2nnco2)c1. The molecule has 138 valence electrons. The van der Waals surface area contributed by atoms with E-state index in [1.807, 2.05) is 0 Å². The minimum absolute atomic E-state index is 0.131. The van der Waals surface area contributed by atoms with Crippen LogP contribution in [0.4, 0.5) is 5.69 Å². The number of nitrogens with zero attached hydrogens (tertiary/aromatic N) is 2. The molecule has 2 N–H and O–H groups in total. The molecule has 3 rings (SSSR count). The van der Waals surface area contributed by atoms with E-state index in [9.17, 15) is 9.59 Å². The first-order valence-corrected chi connectivity index (χ1v) is 8.25. The quantitative estimate of drug-likeness (QED) is 0.665. The van der Waals surface area contributed by atoms with Crippen LogP contribution in [0.15, 0.2) is 59.3 Å². The van der Waals surface area contributed by atoms with Crippen molar-refractivity contribution >= 4 is 17.5 Å². The Kier molecular flexibility index (Phi) is 5.78. The molecule has 0 aliphatic carbocycles. The molecule has 0 spiro atoms. The summed E-state index contributed by atoms with van der Waals surface area (Å²) in [6, 6.07) is 14.0. The van der Waals surface area contributed by atoms with Crippen molar-refractivity contribution < 1.29 is 18.7 Å². The topological polar surface area (TPSA) is 106 Å². The number of carbonyl (C=O) groups is 2. The van der Waals surface area contributed by atoms with E-state index in [1.165, 1.54) is 13.5 Å². The van der Waals surface area contributed by atoms with Crippen LogP contribution < -0.4 is 15.4 Å².